The first-order valence-corrected chi connectivity index (χ1v) is 8.73. The number of hydrogen-bond acceptors (Lipinski definition) is 4. The number of thiocarbonyl (C=S) groups is 1. The van der Waals surface area contributed by atoms with E-state index >= 15 is 0 Å². The van der Waals surface area contributed by atoms with Crippen molar-refractivity contribution < 1.29 is 14.3 Å². The third kappa shape index (κ3) is 5.82. The van der Waals surface area contributed by atoms with Crippen molar-refractivity contribution in [1.82, 2.24) is 4.90 Å². The van der Waals surface area contributed by atoms with Crippen LogP contribution in [-0.2, 0) is 11.3 Å². The lowest BCUT2D eigenvalue weighted by molar-refractivity contribution is 0.101. The zero-order valence-corrected chi connectivity index (χ0v) is 16.1. The number of nitrogens with zero attached hydrogens (tertiary/aromatic N) is 1. The Morgan fingerprint density at radius 2 is 1.73 bits per heavy atom. The number of ketones is 1. The highest BCUT2D eigenvalue weighted by Gasteiger charge is 2.11. The Balaban J connectivity index is 2.06. The monoisotopic (exact) mass is 372 g/mol. The second-order valence-corrected chi connectivity index (χ2v) is 6.21. The van der Waals surface area contributed by atoms with Crippen LogP contribution < -0.4 is 10.1 Å². The van der Waals surface area contributed by atoms with Crippen LogP contribution in [0.5, 0.6) is 5.75 Å². The highest BCUT2D eigenvalue weighted by Crippen LogP contribution is 2.15. The molecule has 2 aromatic carbocycles. The fourth-order valence-electron chi connectivity index (χ4n) is 2.40. The number of ether oxygens (including phenoxy) is 2. The lowest BCUT2D eigenvalue weighted by Gasteiger charge is -2.26. The average Bonchev–Trinajstić information content (AvgIpc) is 2.66. The fraction of sp³-hybridized carbons (Fsp3) is 0.300. The van der Waals surface area contributed by atoms with Gasteiger partial charge in [-0.1, -0.05) is 12.1 Å². The minimum atomic E-state index is 0.0420. The van der Waals surface area contributed by atoms with Crippen LogP contribution in [0.2, 0.25) is 0 Å². The molecule has 0 aliphatic rings. The van der Waals surface area contributed by atoms with Crippen molar-refractivity contribution >= 4 is 28.8 Å². The Kier molecular flexibility index (Phi) is 7.56. The number of carbonyl (C=O) groups is 1. The van der Waals surface area contributed by atoms with Gasteiger partial charge >= 0.3 is 0 Å². The van der Waals surface area contributed by atoms with E-state index in [0.717, 1.165) is 17.0 Å². The molecule has 138 valence electrons. The van der Waals surface area contributed by atoms with Crippen molar-refractivity contribution in [3.05, 3.63) is 59.7 Å². The highest BCUT2D eigenvalue weighted by atomic mass is 32.1. The molecule has 0 saturated carbocycles. The molecular weight excluding hydrogens is 348 g/mol. The molecule has 0 unspecified atom stereocenters. The molecule has 0 heterocycles. The van der Waals surface area contributed by atoms with Crippen molar-refractivity contribution in [3.8, 4) is 5.75 Å². The molecule has 0 aliphatic heterocycles. The largest absolute Gasteiger partial charge is 0.497 e. The van der Waals surface area contributed by atoms with Gasteiger partial charge in [0.25, 0.3) is 0 Å². The summed E-state index contributed by atoms with van der Waals surface area (Å²) in [6, 6.07) is 15.2. The Hall–Kier alpha value is -2.44. The van der Waals surface area contributed by atoms with E-state index < -0.39 is 0 Å². The molecule has 2 rings (SSSR count). The molecule has 0 aliphatic carbocycles. The Morgan fingerprint density at radius 1 is 1.08 bits per heavy atom. The maximum Gasteiger partial charge on any atom is 0.173 e. The van der Waals surface area contributed by atoms with Crippen molar-refractivity contribution in [3.63, 3.8) is 0 Å². The number of carbonyl (C=O) groups excluding carboxylic acids is 1. The minimum Gasteiger partial charge on any atom is -0.497 e. The summed E-state index contributed by atoms with van der Waals surface area (Å²) in [6.45, 7) is 3.44. The van der Waals surface area contributed by atoms with Crippen LogP contribution in [-0.4, -0.2) is 43.2 Å². The first-order valence-electron chi connectivity index (χ1n) is 8.32. The zero-order valence-electron chi connectivity index (χ0n) is 15.3. The number of nitrogens with one attached hydrogen (secondary N) is 1. The Morgan fingerprint density at radius 3 is 2.27 bits per heavy atom. The summed E-state index contributed by atoms with van der Waals surface area (Å²) in [4.78, 5) is 13.4. The predicted octanol–water partition coefficient (Wildman–Crippen LogP) is 3.74. The molecule has 6 heteroatoms. The van der Waals surface area contributed by atoms with Gasteiger partial charge in [-0.3, -0.25) is 4.79 Å². The van der Waals surface area contributed by atoms with Crippen molar-refractivity contribution in [2.45, 2.75) is 13.5 Å². The molecule has 0 amide bonds. The van der Waals surface area contributed by atoms with Gasteiger partial charge in [0, 0.05) is 31.5 Å². The van der Waals surface area contributed by atoms with Crippen LogP contribution >= 0.6 is 12.2 Å². The average molecular weight is 372 g/mol. The first-order chi connectivity index (χ1) is 12.5. The van der Waals surface area contributed by atoms with Gasteiger partial charge < -0.3 is 19.7 Å². The summed E-state index contributed by atoms with van der Waals surface area (Å²) in [5, 5.41) is 3.83. The van der Waals surface area contributed by atoms with Crippen LogP contribution in [0.15, 0.2) is 48.5 Å². The standard InChI is InChI=1S/C20H24N2O3S/c1-15(23)17-6-8-18(9-7-17)21-20(26)22(12-13-24-2)14-16-4-10-19(25-3)11-5-16/h4-11H,12-14H2,1-3H3,(H,21,26). The van der Waals surface area contributed by atoms with Gasteiger partial charge in [0.05, 0.1) is 13.7 Å². The van der Waals surface area contributed by atoms with Crippen LogP contribution in [0.4, 0.5) is 5.69 Å². The second-order valence-electron chi connectivity index (χ2n) is 5.83. The van der Waals surface area contributed by atoms with Gasteiger partial charge in [-0.15, -0.1) is 0 Å². The van der Waals surface area contributed by atoms with Gasteiger partial charge in [0.15, 0.2) is 10.9 Å². The third-order valence-electron chi connectivity index (χ3n) is 3.93. The molecule has 0 fully saturated rings. The number of methoxy groups -OCH3 is 2. The lowest BCUT2D eigenvalue weighted by atomic mass is 10.1. The van der Waals surface area contributed by atoms with E-state index in [1.807, 2.05) is 41.3 Å². The summed E-state index contributed by atoms with van der Waals surface area (Å²) < 4.78 is 10.4. The molecule has 5 nitrogen and oxygen atoms in total. The minimum absolute atomic E-state index is 0.0420. The quantitative estimate of drug-likeness (QED) is 0.563. The molecule has 0 atom stereocenters. The van der Waals surface area contributed by atoms with Gasteiger partial charge in [-0.05, 0) is 61.1 Å². The number of anilines is 1. The van der Waals surface area contributed by atoms with Crippen molar-refractivity contribution in [2.75, 3.05) is 32.7 Å². The molecular formula is C20H24N2O3S. The van der Waals surface area contributed by atoms with Gasteiger partial charge in [-0.2, -0.15) is 0 Å². The van der Waals surface area contributed by atoms with E-state index in [4.69, 9.17) is 21.7 Å². The van der Waals surface area contributed by atoms with Gasteiger partial charge in [0.1, 0.15) is 5.75 Å². The second kappa shape index (κ2) is 9.89. The maximum absolute atomic E-state index is 11.4. The topological polar surface area (TPSA) is 50.8 Å². The highest BCUT2D eigenvalue weighted by molar-refractivity contribution is 7.80. The molecule has 0 bridgehead atoms. The summed E-state index contributed by atoms with van der Waals surface area (Å²) in [7, 11) is 3.32. The molecule has 0 saturated heterocycles. The summed E-state index contributed by atoms with van der Waals surface area (Å²) in [5.41, 5.74) is 2.64. The number of benzene rings is 2. The van der Waals surface area contributed by atoms with Crippen molar-refractivity contribution in [2.24, 2.45) is 0 Å². The third-order valence-corrected chi connectivity index (χ3v) is 4.29. The summed E-state index contributed by atoms with van der Waals surface area (Å²) in [5.74, 6) is 0.865. The maximum atomic E-state index is 11.4. The molecule has 1 N–H and O–H groups in total. The van der Waals surface area contributed by atoms with Crippen LogP contribution in [0.1, 0.15) is 22.8 Å². The van der Waals surface area contributed by atoms with Crippen LogP contribution in [0.25, 0.3) is 0 Å². The lowest BCUT2D eigenvalue weighted by Crippen LogP contribution is -2.36. The normalized spacial score (nSPS) is 10.3. The SMILES string of the molecule is COCCN(Cc1ccc(OC)cc1)C(=S)Nc1ccc(C(C)=O)cc1. The van der Waals surface area contributed by atoms with E-state index in [-0.39, 0.29) is 5.78 Å². The van der Waals surface area contributed by atoms with Crippen molar-refractivity contribution in [1.29, 1.82) is 0 Å². The molecule has 0 spiro atoms. The molecule has 0 radical (unpaired) electrons. The van der Waals surface area contributed by atoms with Crippen LogP contribution in [0.3, 0.4) is 0 Å². The number of rotatable bonds is 8. The number of hydrogen-bond donors (Lipinski definition) is 1. The molecule has 0 aromatic heterocycles. The van der Waals surface area contributed by atoms with E-state index in [9.17, 15) is 4.79 Å². The van der Waals surface area contributed by atoms with Crippen LogP contribution in [0, 0.1) is 0 Å². The zero-order chi connectivity index (χ0) is 18.9. The Bertz CT molecular complexity index is 730. The van der Waals surface area contributed by atoms with E-state index in [0.29, 0.717) is 30.4 Å². The van der Waals surface area contributed by atoms with E-state index in [1.54, 1.807) is 33.3 Å². The van der Waals surface area contributed by atoms with E-state index in [1.165, 1.54) is 0 Å². The smallest absolute Gasteiger partial charge is 0.173 e. The predicted molar refractivity (Wildman–Crippen MR) is 108 cm³/mol. The number of Topliss-reactive ketones (excluding diaryl/α,β-unsaturated/α-hetero) is 1. The van der Waals surface area contributed by atoms with Gasteiger partial charge in [-0.25, -0.2) is 0 Å². The fourth-order valence-corrected chi connectivity index (χ4v) is 2.67. The van der Waals surface area contributed by atoms with Gasteiger partial charge in [0.2, 0.25) is 0 Å². The summed E-state index contributed by atoms with van der Waals surface area (Å²) in [6.07, 6.45) is 0. The Labute approximate surface area is 159 Å². The van der Waals surface area contributed by atoms with E-state index in [2.05, 4.69) is 5.32 Å². The molecule has 26 heavy (non-hydrogen) atoms. The molecule has 2 aromatic rings. The first kappa shape index (κ1) is 19.9. The summed E-state index contributed by atoms with van der Waals surface area (Å²) >= 11 is 5.57.